The van der Waals surface area contributed by atoms with Gasteiger partial charge >= 0.3 is 12.1 Å². The van der Waals surface area contributed by atoms with Crippen LogP contribution in [0.25, 0.3) is 0 Å². The quantitative estimate of drug-likeness (QED) is 0.180. The third-order valence-electron chi connectivity index (χ3n) is 4.82. The first-order chi connectivity index (χ1) is 17.7. The molecule has 0 radical (unpaired) electrons. The van der Waals surface area contributed by atoms with E-state index in [1.165, 1.54) is 0 Å². The van der Waals surface area contributed by atoms with Gasteiger partial charge in [-0.05, 0) is 84.9 Å². The molecule has 0 saturated carbocycles. The highest BCUT2D eigenvalue weighted by Gasteiger charge is 2.07. The molecular formula is C26H18Cl4N4O2S. The standard InChI is InChI=1S/C26H18Cl4N4O2S/c27-21-11-5-17(13-23(21)29)33-25(35)31-15-1-7-19(8-2-15)37-20-9-3-16(4-10-20)32-26(36)34-18-6-12-22(28)24(30)14-18/h1-14H,(H2,31,33,35)(H2,32,34,36). The van der Waals surface area contributed by atoms with Gasteiger partial charge in [-0.15, -0.1) is 0 Å². The minimum Gasteiger partial charge on any atom is -0.308 e. The van der Waals surface area contributed by atoms with Gasteiger partial charge in [-0.2, -0.15) is 0 Å². The summed E-state index contributed by atoms with van der Waals surface area (Å²) in [4.78, 5) is 26.4. The number of hydrogen-bond acceptors (Lipinski definition) is 3. The van der Waals surface area contributed by atoms with Crippen molar-refractivity contribution >= 4 is 93.0 Å². The third kappa shape index (κ3) is 7.95. The lowest BCUT2D eigenvalue weighted by Crippen LogP contribution is -2.19. The van der Waals surface area contributed by atoms with Crippen LogP contribution in [-0.2, 0) is 0 Å². The van der Waals surface area contributed by atoms with Gasteiger partial charge in [-0.3, -0.25) is 0 Å². The summed E-state index contributed by atoms with van der Waals surface area (Å²) in [5, 5.41) is 12.5. The molecule has 0 aliphatic carbocycles. The average molecular weight is 592 g/mol. The highest BCUT2D eigenvalue weighted by atomic mass is 35.5. The SMILES string of the molecule is O=C(Nc1ccc(Sc2ccc(NC(=O)Nc3ccc(Cl)c(Cl)c3)cc2)cc1)Nc1ccc(Cl)c(Cl)c1. The Morgan fingerprint density at radius 1 is 0.459 bits per heavy atom. The molecule has 0 heterocycles. The predicted octanol–water partition coefficient (Wildman–Crippen LogP) is 9.74. The predicted molar refractivity (Wildman–Crippen MR) is 155 cm³/mol. The molecule has 4 aromatic rings. The summed E-state index contributed by atoms with van der Waals surface area (Å²) in [5.74, 6) is 0. The van der Waals surface area contributed by atoms with Gasteiger partial charge in [-0.25, -0.2) is 9.59 Å². The molecule has 4 rings (SSSR count). The van der Waals surface area contributed by atoms with Crippen LogP contribution in [0.3, 0.4) is 0 Å². The Kier molecular flexibility index (Phi) is 9.08. The highest BCUT2D eigenvalue weighted by Crippen LogP contribution is 2.30. The number of carbonyl (C=O) groups is 2. The van der Waals surface area contributed by atoms with Crippen LogP contribution >= 0.6 is 58.2 Å². The van der Waals surface area contributed by atoms with Crippen LogP contribution in [0.4, 0.5) is 32.3 Å². The maximum absolute atomic E-state index is 12.2. The lowest BCUT2D eigenvalue weighted by atomic mass is 10.3. The summed E-state index contributed by atoms with van der Waals surface area (Å²) in [5.41, 5.74) is 2.33. The first kappa shape index (κ1) is 27.0. The van der Waals surface area contributed by atoms with Crippen LogP contribution in [0, 0.1) is 0 Å². The van der Waals surface area contributed by atoms with E-state index in [4.69, 9.17) is 46.4 Å². The molecular weight excluding hydrogens is 574 g/mol. The fourth-order valence-electron chi connectivity index (χ4n) is 3.08. The van der Waals surface area contributed by atoms with Gasteiger partial charge in [0.15, 0.2) is 0 Å². The molecule has 0 fully saturated rings. The Balaban J connectivity index is 1.27. The molecule has 0 atom stereocenters. The third-order valence-corrected chi connectivity index (χ3v) is 7.31. The van der Waals surface area contributed by atoms with E-state index >= 15 is 0 Å². The monoisotopic (exact) mass is 590 g/mol. The van der Waals surface area contributed by atoms with E-state index in [-0.39, 0.29) is 0 Å². The van der Waals surface area contributed by atoms with Gasteiger partial charge in [0.05, 0.1) is 20.1 Å². The second-order valence-corrected chi connectivity index (χ2v) is 10.3. The van der Waals surface area contributed by atoms with Crippen LogP contribution < -0.4 is 21.3 Å². The summed E-state index contributed by atoms with van der Waals surface area (Å²) >= 11 is 25.3. The molecule has 188 valence electrons. The second kappa shape index (κ2) is 12.4. The number of amides is 4. The molecule has 37 heavy (non-hydrogen) atoms. The first-order valence-corrected chi connectivity index (χ1v) is 13.0. The van der Waals surface area contributed by atoms with Gasteiger partial charge in [0.2, 0.25) is 0 Å². The van der Waals surface area contributed by atoms with E-state index in [1.807, 2.05) is 24.3 Å². The molecule has 0 saturated heterocycles. The zero-order chi connectivity index (χ0) is 26.4. The Hall–Kier alpha value is -3.07. The van der Waals surface area contributed by atoms with E-state index in [2.05, 4.69) is 21.3 Å². The Morgan fingerprint density at radius 2 is 0.784 bits per heavy atom. The number of nitrogens with one attached hydrogen (secondary N) is 4. The fourth-order valence-corrected chi connectivity index (χ4v) is 4.50. The normalized spacial score (nSPS) is 10.5. The number of benzene rings is 4. The van der Waals surface area contributed by atoms with Crippen LogP contribution in [0.15, 0.2) is 94.7 Å². The molecule has 4 aromatic carbocycles. The number of hydrogen-bond donors (Lipinski definition) is 4. The molecule has 0 spiro atoms. The summed E-state index contributed by atoms with van der Waals surface area (Å²) in [6, 6.07) is 23.7. The lowest BCUT2D eigenvalue weighted by molar-refractivity contribution is 0.261. The van der Waals surface area contributed by atoms with Crippen molar-refractivity contribution in [3.05, 3.63) is 105 Å². The van der Waals surface area contributed by atoms with Gasteiger partial charge in [0.1, 0.15) is 0 Å². The molecule has 11 heteroatoms. The number of rotatable bonds is 6. The van der Waals surface area contributed by atoms with Crippen molar-refractivity contribution in [3.8, 4) is 0 Å². The molecule has 6 nitrogen and oxygen atoms in total. The van der Waals surface area contributed by atoms with Crippen LogP contribution in [0.1, 0.15) is 0 Å². The molecule has 4 amide bonds. The molecule has 0 bridgehead atoms. The highest BCUT2D eigenvalue weighted by molar-refractivity contribution is 7.99. The fraction of sp³-hybridized carbons (Fsp3) is 0. The number of halogens is 4. The summed E-state index contributed by atoms with van der Waals surface area (Å²) in [6.07, 6.45) is 0. The summed E-state index contributed by atoms with van der Waals surface area (Å²) in [7, 11) is 0. The number of urea groups is 2. The van der Waals surface area contributed by atoms with Crippen molar-refractivity contribution in [2.24, 2.45) is 0 Å². The lowest BCUT2D eigenvalue weighted by Gasteiger charge is -2.10. The molecule has 0 aromatic heterocycles. The van der Waals surface area contributed by atoms with E-state index in [1.54, 1.807) is 72.4 Å². The smallest absolute Gasteiger partial charge is 0.308 e. The van der Waals surface area contributed by atoms with E-state index in [0.29, 0.717) is 42.8 Å². The topological polar surface area (TPSA) is 82.3 Å². The maximum Gasteiger partial charge on any atom is 0.323 e. The van der Waals surface area contributed by atoms with Crippen molar-refractivity contribution in [2.45, 2.75) is 9.79 Å². The molecule has 0 aliphatic heterocycles. The minimum atomic E-state index is -0.398. The Labute approximate surface area is 237 Å². The summed E-state index contributed by atoms with van der Waals surface area (Å²) < 4.78 is 0. The van der Waals surface area contributed by atoms with Crippen LogP contribution in [-0.4, -0.2) is 12.1 Å². The van der Waals surface area contributed by atoms with Crippen molar-refractivity contribution in [1.82, 2.24) is 0 Å². The van der Waals surface area contributed by atoms with E-state index in [9.17, 15) is 9.59 Å². The largest absolute Gasteiger partial charge is 0.323 e. The van der Waals surface area contributed by atoms with Gasteiger partial charge in [0.25, 0.3) is 0 Å². The van der Waals surface area contributed by atoms with Crippen molar-refractivity contribution < 1.29 is 9.59 Å². The van der Waals surface area contributed by atoms with E-state index in [0.717, 1.165) is 9.79 Å². The Morgan fingerprint density at radius 3 is 1.14 bits per heavy atom. The van der Waals surface area contributed by atoms with E-state index < -0.39 is 12.1 Å². The van der Waals surface area contributed by atoms with Gasteiger partial charge < -0.3 is 21.3 Å². The zero-order valence-electron chi connectivity index (χ0n) is 18.8. The zero-order valence-corrected chi connectivity index (χ0v) is 22.7. The van der Waals surface area contributed by atoms with Crippen molar-refractivity contribution in [1.29, 1.82) is 0 Å². The van der Waals surface area contributed by atoms with Crippen molar-refractivity contribution in [2.75, 3.05) is 21.3 Å². The van der Waals surface area contributed by atoms with Gasteiger partial charge in [0, 0.05) is 32.5 Å². The average Bonchev–Trinajstić information content (AvgIpc) is 2.86. The van der Waals surface area contributed by atoms with Crippen LogP contribution in [0.2, 0.25) is 20.1 Å². The number of carbonyl (C=O) groups excluding carboxylic acids is 2. The molecule has 0 aliphatic rings. The molecule has 4 N–H and O–H groups in total. The summed E-state index contributed by atoms with van der Waals surface area (Å²) in [6.45, 7) is 0. The first-order valence-electron chi connectivity index (χ1n) is 10.7. The number of anilines is 4. The maximum atomic E-state index is 12.2. The van der Waals surface area contributed by atoms with Crippen molar-refractivity contribution in [3.63, 3.8) is 0 Å². The van der Waals surface area contributed by atoms with Crippen LogP contribution in [0.5, 0.6) is 0 Å². The second-order valence-electron chi connectivity index (χ2n) is 7.57. The molecule has 0 unspecified atom stereocenters. The van der Waals surface area contributed by atoms with Gasteiger partial charge in [-0.1, -0.05) is 58.2 Å². The minimum absolute atomic E-state index is 0.358. The Bertz CT molecular complexity index is 1320.